The minimum absolute atomic E-state index is 0.231. The molecule has 1 aliphatic rings. The highest BCUT2D eigenvalue weighted by Crippen LogP contribution is 2.16. The number of aryl methyl sites for hydroxylation is 1. The van der Waals surface area contributed by atoms with E-state index in [2.05, 4.69) is 21.6 Å². The Hall–Kier alpha value is -0.920. The van der Waals surface area contributed by atoms with Gasteiger partial charge in [0.25, 0.3) is 0 Å². The Bertz CT molecular complexity index is 533. The molecule has 1 saturated heterocycles. The molecule has 1 aliphatic heterocycles. The molecule has 1 fully saturated rings. The summed E-state index contributed by atoms with van der Waals surface area (Å²) in [7, 11) is -1.69. The number of hydrogen-bond donors (Lipinski definition) is 1. The summed E-state index contributed by atoms with van der Waals surface area (Å²) in [5.41, 5.74) is 0. The van der Waals surface area contributed by atoms with Gasteiger partial charge in [-0.1, -0.05) is 6.92 Å². The maximum Gasteiger partial charge on any atom is 0.243 e. The van der Waals surface area contributed by atoms with Crippen molar-refractivity contribution in [3.8, 4) is 0 Å². The van der Waals surface area contributed by atoms with E-state index in [1.165, 1.54) is 43.0 Å². The molecule has 1 N–H and O–H groups in total. The first-order chi connectivity index (χ1) is 9.97. The van der Waals surface area contributed by atoms with Gasteiger partial charge in [-0.2, -0.15) is 5.10 Å². The van der Waals surface area contributed by atoms with Crippen LogP contribution in [0.25, 0.3) is 0 Å². The molecule has 7 heteroatoms. The fourth-order valence-electron chi connectivity index (χ4n) is 2.57. The summed E-state index contributed by atoms with van der Waals surface area (Å²) >= 11 is 0. The number of likely N-dealkylation sites (tertiary alicyclic amines) is 1. The minimum atomic E-state index is -3.40. The van der Waals surface area contributed by atoms with Crippen molar-refractivity contribution in [1.82, 2.24) is 19.4 Å². The van der Waals surface area contributed by atoms with Crippen molar-refractivity contribution >= 4 is 10.0 Å². The van der Waals surface area contributed by atoms with Crippen LogP contribution in [-0.2, 0) is 17.1 Å². The Morgan fingerprint density at radius 2 is 2.05 bits per heavy atom. The van der Waals surface area contributed by atoms with Gasteiger partial charge in [0.1, 0.15) is 4.90 Å². The van der Waals surface area contributed by atoms with Crippen LogP contribution in [0.5, 0.6) is 0 Å². The number of hydrogen-bond acceptors (Lipinski definition) is 4. The number of aromatic nitrogens is 2. The molecule has 0 spiro atoms. The SMILES string of the molecule is CC1CCN(CCCCNS(=O)(=O)c2cnn(C)c2)CC1. The molecule has 6 nitrogen and oxygen atoms in total. The topological polar surface area (TPSA) is 67.2 Å². The second-order valence-corrected chi connectivity index (χ2v) is 7.75. The van der Waals surface area contributed by atoms with Crippen LogP contribution < -0.4 is 4.72 Å². The molecule has 21 heavy (non-hydrogen) atoms. The van der Waals surface area contributed by atoms with Crippen molar-refractivity contribution in [1.29, 1.82) is 0 Å². The van der Waals surface area contributed by atoms with Crippen LogP contribution in [0, 0.1) is 5.92 Å². The molecule has 0 saturated carbocycles. The third-order valence-electron chi connectivity index (χ3n) is 4.06. The van der Waals surface area contributed by atoms with Gasteiger partial charge in [0.2, 0.25) is 10.0 Å². The summed E-state index contributed by atoms with van der Waals surface area (Å²) in [5, 5.41) is 3.89. The zero-order valence-corrected chi connectivity index (χ0v) is 13.8. The largest absolute Gasteiger partial charge is 0.303 e. The van der Waals surface area contributed by atoms with Crippen LogP contribution in [0.3, 0.4) is 0 Å². The highest BCUT2D eigenvalue weighted by atomic mass is 32.2. The van der Waals surface area contributed by atoms with E-state index in [4.69, 9.17) is 0 Å². The Morgan fingerprint density at radius 1 is 1.33 bits per heavy atom. The van der Waals surface area contributed by atoms with Crippen LogP contribution in [0.2, 0.25) is 0 Å². The van der Waals surface area contributed by atoms with E-state index in [1.54, 1.807) is 7.05 Å². The summed E-state index contributed by atoms with van der Waals surface area (Å²) in [4.78, 5) is 2.71. The number of nitrogens with zero attached hydrogens (tertiary/aromatic N) is 3. The lowest BCUT2D eigenvalue weighted by Crippen LogP contribution is -2.34. The smallest absolute Gasteiger partial charge is 0.243 e. The predicted molar refractivity (Wildman–Crippen MR) is 82.5 cm³/mol. The highest BCUT2D eigenvalue weighted by molar-refractivity contribution is 7.89. The van der Waals surface area contributed by atoms with Gasteiger partial charge in [0, 0.05) is 19.8 Å². The normalized spacial score (nSPS) is 18.2. The molecule has 1 aromatic rings. The van der Waals surface area contributed by atoms with E-state index < -0.39 is 10.0 Å². The van der Waals surface area contributed by atoms with Crippen LogP contribution in [0.4, 0.5) is 0 Å². The summed E-state index contributed by atoms with van der Waals surface area (Å²) in [5.74, 6) is 0.854. The second kappa shape index (κ2) is 7.38. The standard InChI is InChI=1S/C14H26N4O2S/c1-13-5-9-18(10-6-13)8-4-3-7-16-21(19,20)14-11-15-17(2)12-14/h11-13,16H,3-10H2,1-2H3. The van der Waals surface area contributed by atoms with Gasteiger partial charge in [0.15, 0.2) is 0 Å². The molecule has 0 unspecified atom stereocenters. The van der Waals surface area contributed by atoms with E-state index >= 15 is 0 Å². The van der Waals surface area contributed by atoms with Crippen LogP contribution in [0.15, 0.2) is 17.3 Å². The van der Waals surface area contributed by atoms with Crippen molar-refractivity contribution in [3.05, 3.63) is 12.4 Å². The van der Waals surface area contributed by atoms with E-state index in [1.807, 2.05) is 0 Å². The van der Waals surface area contributed by atoms with Crippen LogP contribution in [0.1, 0.15) is 32.6 Å². The second-order valence-electron chi connectivity index (χ2n) is 5.98. The molecule has 2 heterocycles. The Morgan fingerprint density at radius 3 is 2.67 bits per heavy atom. The molecular formula is C14H26N4O2S. The summed E-state index contributed by atoms with van der Waals surface area (Å²) in [6, 6.07) is 0. The number of rotatable bonds is 7. The average molecular weight is 314 g/mol. The summed E-state index contributed by atoms with van der Waals surface area (Å²) in [6.45, 7) is 6.23. The van der Waals surface area contributed by atoms with Gasteiger partial charge in [-0.25, -0.2) is 13.1 Å². The maximum atomic E-state index is 12.0. The number of nitrogens with one attached hydrogen (secondary N) is 1. The number of unbranched alkanes of at least 4 members (excludes halogenated alkanes) is 1. The van der Waals surface area contributed by atoms with E-state index in [-0.39, 0.29) is 4.90 Å². The van der Waals surface area contributed by atoms with E-state index in [0.717, 1.165) is 25.3 Å². The number of sulfonamides is 1. The van der Waals surface area contributed by atoms with Gasteiger partial charge < -0.3 is 4.90 Å². The van der Waals surface area contributed by atoms with Gasteiger partial charge in [-0.3, -0.25) is 4.68 Å². The summed E-state index contributed by atoms with van der Waals surface area (Å²) in [6.07, 6.45) is 7.35. The zero-order chi connectivity index (χ0) is 15.3. The molecular weight excluding hydrogens is 288 g/mol. The lowest BCUT2D eigenvalue weighted by molar-refractivity contribution is 0.190. The fourth-order valence-corrected chi connectivity index (χ4v) is 3.63. The van der Waals surface area contributed by atoms with E-state index in [0.29, 0.717) is 6.54 Å². The Labute approximate surface area is 127 Å². The van der Waals surface area contributed by atoms with Gasteiger partial charge in [-0.05, 0) is 51.2 Å². The third-order valence-corrected chi connectivity index (χ3v) is 5.48. The monoisotopic (exact) mass is 314 g/mol. The lowest BCUT2D eigenvalue weighted by atomic mass is 9.99. The molecule has 120 valence electrons. The van der Waals surface area contributed by atoms with Crippen LogP contribution >= 0.6 is 0 Å². The first-order valence-corrected chi connectivity index (χ1v) is 9.16. The van der Waals surface area contributed by atoms with E-state index in [9.17, 15) is 8.42 Å². The minimum Gasteiger partial charge on any atom is -0.303 e. The molecule has 0 radical (unpaired) electrons. The molecule has 2 rings (SSSR count). The maximum absolute atomic E-state index is 12.0. The quantitative estimate of drug-likeness (QED) is 0.768. The van der Waals surface area contributed by atoms with Crippen molar-refractivity contribution in [2.45, 2.75) is 37.5 Å². The molecule has 0 bridgehead atoms. The molecule has 0 aromatic carbocycles. The van der Waals surface area contributed by atoms with Crippen molar-refractivity contribution in [2.24, 2.45) is 13.0 Å². The van der Waals surface area contributed by atoms with Crippen molar-refractivity contribution < 1.29 is 8.42 Å². The number of piperidine rings is 1. The first kappa shape index (κ1) is 16.5. The van der Waals surface area contributed by atoms with Crippen molar-refractivity contribution in [2.75, 3.05) is 26.2 Å². The first-order valence-electron chi connectivity index (χ1n) is 7.68. The molecule has 0 aliphatic carbocycles. The van der Waals surface area contributed by atoms with Crippen LogP contribution in [-0.4, -0.2) is 49.3 Å². The predicted octanol–water partition coefficient (Wildman–Crippen LogP) is 1.21. The zero-order valence-electron chi connectivity index (χ0n) is 13.0. The highest BCUT2D eigenvalue weighted by Gasteiger charge is 2.16. The molecule has 1 aromatic heterocycles. The summed E-state index contributed by atoms with van der Waals surface area (Å²) < 4.78 is 28.1. The Kier molecular flexibility index (Phi) is 5.78. The third kappa shape index (κ3) is 5.09. The Balaban J connectivity index is 1.63. The average Bonchev–Trinajstić information content (AvgIpc) is 2.88. The van der Waals surface area contributed by atoms with Gasteiger partial charge in [-0.15, -0.1) is 0 Å². The van der Waals surface area contributed by atoms with Crippen molar-refractivity contribution in [3.63, 3.8) is 0 Å². The molecule has 0 amide bonds. The molecule has 0 atom stereocenters. The van der Waals surface area contributed by atoms with Gasteiger partial charge in [0.05, 0.1) is 6.20 Å². The fraction of sp³-hybridized carbons (Fsp3) is 0.786. The van der Waals surface area contributed by atoms with Gasteiger partial charge >= 0.3 is 0 Å². The lowest BCUT2D eigenvalue weighted by Gasteiger charge is -2.30.